The predicted molar refractivity (Wildman–Crippen MR) is 207 cm³/mol. The van der Waals surface area contributed by atoms with Gasteiger partial charge in [-0.3, -0.25) is 19.2 Å². The van der Waals surface area contributed by atoms with Crippen molar-refractivity contribution in [3.63, 3.8) is 0 Å². The van der Waals surface area contributed by atoms with Gasteiger partial charge in [0.1, 0.15) is 25.2 Å². The van der Waals surface area contributed by atoms with Crippen LogP contribution in [0.4, 0.5) is 0 Å². The van der Waals surface area contributed by atoms with Gasteiger partial charge in [0.05, 0.1) is 0 Å². The van der Waals surface area contributed by atoms with E-state index in [2.05, 4.69) is 30.4 Å². The van der Waals surface area contributed by atoms with Gasteiger partial charge in [-0.15, -0.1) is 0 Å². The van der Waals surface area contributed by atoms with Crippen LogP contribution in [-0.4, -0.2) is 48.8 Å². The molecule has 52 heavy (non-hydrogen) atoms. The lowest BCUT2D eigenvalue weighted by molar-refractivity contribution is -0.697. The number of hydrogen-bond donors (Lipinski definition) is 4. The van der Waals surface area contributed by atoms with Crippen molar-refractivity contribution in [2.45, 2.75) is 156 Å². The summed E-state index contributed by atoms with van der Waals surface area (Å²) < 4.78 is 4.22. The summed E-state index contributed by atoms with van der Waals surface area (Å²) in [4.78, 5) is 50.5. The van der Waals surface area contributed by atoms with Crippen LogP contribution in [0.5, 0.6) is 0 Å². The van der Waals surface area contributed by atoms with Crippen LogP contribution in [0, 0.1) is 11.8 Å². The third-order valence-corrected chi connectivity index (χ3v) is 9.43. The zero-order valence-electron chi connectivity index (χ0n) is 32.8. The maximum atomic E-state index is 12.8. The van der Waals surface area contributed by atoms with Crippen LogP contribution in [0.15, 0.2) is 61.2 Å². The summed E-state index contributed by atoms with van der Waals surface area (Å²) in [7, 11) is 0. The molecular weight excluding hydrogens is 652 g/mol. The van der Waals surface area contributed by atoms with E-state index < -0.39 is 12.1 Å². The highest BCUT2D eigenvalue weighted by Gasteiger charge is 2.24. The lowest BCUT2D eigenvalue weighted by atomic mass is 10.0. The Balaban J connectivity index is 1.42. The van der Waals surface area contributed by atoms with Crippen LogP contribution in [-0.2, 0) is 32.3 Å². The highest BCUT2D eigenvalue weighted by Crippen LogP contribution is 2.11. The first-order chi connectivity index (χ1) is 25.2. The highest BCUT2D eigenvalue weighted by atomic mass is 16.2. The fraction of sp³-hybridized carbons (Fsp3) is 0.667. The number of aromatic nitrogens is 2. The smallest absolute Gasteiger partial charge is 0.242 e. The van der Waals surface area contributed by atoms with E-state index >= 15 is 0 Å². The van der Waals surface area contributed by atoms with Gasteiger partial charge in [-0.25, -0.2) is 9.13 Å². The van der Waals surface area contributed by atoms with Gasteiger partial charge < -0.3 is 21.3 Å². The maximum Gasteiger partial charge on any atom is 0.242 e. The quantitative estimate of drug-likeness (QED) is 0.0634. The van der Waals surface area contributed by atoms with E-state index in [4.69, 9.17) is 0 Å². The van der Waals surface area contributed by atoms with Crippen molar-refractivity contribution in [3.05, 3.63) is 61.2 Å². The van der Waals surface area contributed by atoms with Gasteiger partial charge in [0.25, 0.3) is 0 Å². The minimum absolute atomic E-state index is 0.0318. The largest absolute Gasteiger partial charge is 0.354 e. The molecule has 0 saturated heterocycles. The van der Waals surface area contributed by atoms with E-state index in [9.17, 15) is 19.2 Å². The summed E-state index contributed by atoms with van der Waals surface area (Å²) in [6, 6.07) is 11.0. The summed E-state index contributed by atoms with van der Waals surface area (Å²) in [6.07, 6.45) is 23.6. The zero-order valence-corrected chi connectivity index (χ0v) is 32.8. The summed E-state index contributed by atoms with van der Waals surface area (Å²) in [5.74, 6) is -0.231. The molecule has 2 atom stereocenters. The van der Waals surface area contributed by atoms with Crippen LogP contribution in [0.25, 0.3) is 0 Å². The molecule has 290 valence electrons. The molecule has 10 heteroatoms. The van der Waals surface area contributed by atoms with Crippen molar-refractivity contribution in [2.75, 3.05) is 13.1 Å². The number of amides is 4. The first-order valence-corrected chi connectivity index (χ1v) is 20.2. The molecule has 0 aliphatic rings. The molecule has 2 aromatic rings. The van der Waals surface area contributed by atoms with Gasteiger partial charge in [0, 0.05) is 63.0 Å². The molecule has 2 aromatic heterocycles. The lowest BCUT2D eigenvalue weighted by Crippen LogP contribution is -2.49. The molecule has 0 spiro atoms. The molecule has 0 unspecified atom stereocenters. The van der Waals surface area contributed by atoms with Gasteiger partial charge >= 0.3 is 0 Å². The first-order valence-electron chi connectivity index (χ1n) is 20.2. The molecule has 4 amide bonds. The van der Waals surface area contributed by atoms with Crippen LogP contribution < -0.4 is 30.4 Å². The number of unbranched alkanes of at least 4 members (excludes halogenated alkanes) is 11. The predicted octanol–water partition coefficient (Wildman–Crippen LogP) is 5.72. The van der Waals surface area contributed by atoms with E-state index in [1.807, 2.05) is 88.9 Å². The zero-order chi connectivity index (χ0) is 37.8. The van der Waals surface area contributed by atoms with E-state index in [0.717, 1.165) is 77.3 Å². The Bertz CT molecular complexity index is 1160. The number of rotatable bonds is 29. The minimum Gasteiger partial charge on any atom is -0.354 e. The molecule has 0 radical (unpaired) electrons. The molecular formula is C42H70N6O4+2. The number of carbonyl (C=O) groups excluding carboxylic acids is 4. The summed E-state index contributed by atoms with van der Waals surface area (Å²) >= 11 is 0. The SMILES string of the molecule is CC(C)[C@H](NC(=O)CCCC[n+]1ccccc1)C(=O)NCCCCCCCCCCCCNC(=O)[C@@H](NC(=O)CCCC[n+]1ccccc1)C(C)C. The Morgan fingerprint density at radius 1 is 0.442 bits per heavy atom. The maximum absolute atomic E-state index is 12.8. The van der Waals surface area contributed by atoms with Crippen LogP contribution in [0.3, 0.4) is 0 Å². The van der Waals surface area contributed by atoms with Crippen molar-refractivity contribution in [1.29, 1.82) is 0 Å². The van der Waals surface area contributed by atoms with E-state index in [1.54, 1.807) is 0 Å². The monoisotopic (exact) mass is 723 g/mol. The van der Waals surface area contributed by atoms with E-state index in [1.165, 1.54) is 25.7 Å². The third-order valence-electron chi connectivity index (χ3n) is 9.43. The Morgan fingerprint density at radius 2 is 0.769 bits per heavy atom. The summed E-state index contributed by atoms with van der Waals surface area (Å²) in [6.45, 7) is 10.9. The van der Waals surface area contributed by atoms with Gasteiger partial charge in [0.15, 0.2) is 24.8 Å². The average Bonchev–Trinajstić information content (AvgIpc) is 3.13. The fourth-order valence-corrected chi connectivity index (χ4v) is 6.20. The molecule has 0 aliphatic heterocycles. The molecule has 10 nitrogen and oxygen atoms in total. The molecule has 2 heterocycles. The standard InChI is InChI=1S/C42H68N6O4/c1-35(2)39(45-37(49)25-15-23-33-47-29-19-13-20-30-47)41(51)43-27-17-11-9-7-5-6-8-10-12-18-28-44-42(52)40(36(3)4)46-38(50)26-16-24-34-48-31-21-14-22-32-48/h13-14,19-22,29-32,35-36,39-40H,5-12,15-18,23-28,33-34H2,1-4H3,(H2-2,43,44,45,46,49,50,51,52)/p+2/t39-,40-/m0/s1. The van der Waals surface area contributed by atoms with Crippen molar-refractivity contribution in [1.82, 2.24) is 21.3 Å². The number of nitrogens with zero attached hydrogens (tertiary/aromatic N) is 2. The number of pyridine rings is 2. The van der Waals surface area contributed by atoms with Crippen molar-refractivity contribution in [3.8, 4) is 0 Å². The highest BCUT2D eigenvalue weighted by molar-refractivity contribution is 5.88. The van der Waals surface area contributed by atoms with Gasteiger partial charge in [0.2, 0.25) is 23.6 Å². The topological polar surface area (TPSA) is 124 Å². The number of carbonyl (C=O) groups is 4. The van der Waals surface area contributed by atoms with Crippen LogP contribution in [0.2, 0.25) is 0 Å². The van der Waals surface area contributed by atoms with Crippen molar-refractivity contribution >= 4 is 23.6 Å². The molecule has 2 rings (SSSR count). The van der Waals surface area contributed by atoms with E-state index in [-0.39, 0.29) is 35.5 Å². The number of nitrogens with one attached hydrogen (secondary N) is 4. The number of aryl methyl sites for hydroxylation is 2. The van der Waals surface area contributed by atoms with Crippen molar-refractivity contribution < 1.29 is 28.3 Å². The Kier molecular flexibility index (Phi) is 23.7. The molecule has 0 saturated carbocycles. The Hall–Kier alpha value is -3.82. The first kappa shape index (κ1) is 44.3. The molecule has 4 N–H and O–H groups in total. The molecule has 0 aromatic carbocycles. The molecule has 0 fully saturated rings. The second kappa shape index (κ2) is 27.8. The minimum atomic E-state index is -0.498. The second-order valence-electron chi connectivity index (χ2n) is 14.8. The van der Waals surface area contributed by atoms with Crippen LogP contribution in [0.1, 0.15) is 130 Å². The molecule has 0 aliphatic carbocycles. The molecule has 0 bridgehead atoms. The third kappa shape index (κ3) is 20.9. The van der Waals surface area contributed by atoms with Gasteiger partial charge in [-0.05, 0) is 37.5 Å². The Morgan fingerprint density at radius 3 is 1.10 bits per heavy atom. The van der Waals surface area contributed by atoms with Gasteiger partial charge in [-0.2, -0.15) is 0 Å². The summed E-state index contributed by atoms with van der Waals surface area (Å²) in [5.41, 5.74) is 0. The van der Waals surface area contributed by atoms with Crippen molar-refractivity contribution in [2.24, 2.45) is 11.8 Å². The average molecular weight is 723 g/mol. The Labute approximate surface area is 314 Å². The fourth-order valence-electron chi connectivity index (χ4n) is 6.20. The second-order valence-corrected chi connectivity index (χ2v) is 14.8. The van der Waals surface area contributed by atoms with E-state index in [0.29, 0.717) is 25.9 Å². The van der Waals surface area contributed by atoms with Gasteiger partial charge in [-0.1, -0.05) is 91.2 Å². The lowest BCUT2D eigenvalue weighted by Gasteiger charge is -2.21. The number of hydrogen-bond acceptors (Lipinski definition) is 4. The normalized spacial score (nSPS) is 12.3. The summed E-state index contributed by atoms with van der Waals surface area (Å²) in [5, 5.41) is 12.0. The van der Waals surface area contributed by atoms with Crippen LogP contribution >= 0.6 is 0 Å².